The first-order valence-electron chi connectivity index (χ1n) is 16.5. The standard InChI is InChI=1S/C33H50O17/c1-6-33(4,50-32-27(41)25(39)23(37)20(12-35)48-32)9-7-8-14(2)28(42)46-18-10-16-17(29(43)44-5)13-45-30(21(16)15(18)3)49-31-26(40)24(38)22(36)19(11-34)47-31/h6,8,13,15-16,18-27,30-32,34-41H,1,7,9-12H2,2-5H3/b14-8+/t15-,16+,18-,19+,20+,21+,22+,23+,24-,25-,26+,27+,30-,31-,32-,33+/m0/s1. The van der Waals surface area contributed by atoms with Crippen LogP contribution in [0.2, 0.25) is 0 Å². The molecule has 17 heteroatoms. The van der Waals surface area contributed by atoms with Crippen molar-refractivity contribution in [2.75, 3.05) is 20.3 Å². The third-order valence-corrected chi connectivity index (χ3v) is 10.1. The predicted molar refractivity (Wildman–Crippen MR) is 167 cm³/mol. The van der Waals surface area contributed by atoms with Crippen LogP contribution in [0.15, 0.2) is 36.1 Å². The molecule has 0 aromatic heterocycles. The van der Waals surface area contributed by atoms with Crippen molar-refractivity contribution in [2.24, 2.45) is 17.8 Å². The van der Waals surface area contributed by atoms with Crippen molar-refractivity contribution in [3.8, 4) is 0 Å². The molecule has 3 heterocycles. The zero-order valence-electron chi connectivity index (χ0n) is 28.4. The fourth-order valence-corrected chi connectivity index (χ4v) is 6.76. The predicted octanol–water partition coefficient (Wildman–Crippen LogP) is -2.11. The molecule has 2 saturated heterocycles. The number of methoxy groups -OCH3 is 1. The Morgan fingerprint density at radius 3 is 2.08 bits per heavy atom. The number of carbonyl (C=O) groups is 2. The Balaban J connectivity index is 1.41. The van der Waals surface area contributed by atoms with Gasteiger partial charge in [0.05, 0.1) is 37.8 Å². The highest BCUT2D eigenvalue weighted by atomic mass is 16.8. The molecule has 0 amide bonds. The van der Waals surface area contributed by atoms with Gasteiger partial charge < -0.3 is 74.0 Å². The molecular formula is C33H50O17. The molecule has 1 aliphatic carbocycles. The van der Waals surface area contributed by atoms with Crippen LogP contribution in [0.25, 0.3) is 0 Å². The Labute approximate surface area is 289 Å². The fourth-order valence-electron chi connectivity index (χ4n) is 6.76. The summed E-state index contributed by atoms with van der Waals surface area (Å²) in [6.45, 7) is 7.50. The minimum Gasteiger partial charge on any atom is -0.472 e. The van der Waals surface area contributed by atoms with E-state index in [2.05, 4.69) is 6.58 Å². The second-order valence-electron chi connectivity index (χ2n) is 13.4. The third-order valence-electron chi connectivity index (χ3n) is 10.1. The van der Waals surface area contributed by atoms with Crippen LogP contribution in [0.1, 0.15) is 40.0 Å². The molecule has 0 aromatic rings. The Kier molecular flexibility index (Phi) is 13.6. The van der Waals surface area contributed by atoms with Gasteiger partial charge in [0.25, 0.3) is 0 Å². The van der Waals surface area contributed by atoms with E-state index in [1.165, 1.54) is 19.4 Å². The summed E-state index contributed by atoms with van der Waals surface area (Å²) in [4.78, 5) is 25.9. The minimum absolute atomic E-state index is 0.187. The molecule has 1 saturated carbocycles. The van der Waals surface area contributed by atoms with Crippen LogP contribution in [0.5, 0.6) is 0 Å². The normalized spacial score (nSPS) is 41.6. The van der Waals surface area contributed by atoms with E-state index in [9.17, 15) is 50.4 Å². The number of fused-ring (bicyclic) bond motifs is 1. The highest BCUT2D eigenvalue weighted by molar-refractivity contribution is 5.89. The average molecular weight is 719 g/mol. The number of carbonyl (C=O) groups excluding carboxylic acids is 2. The molecule has 0 spiro atoms. The van der Waals surface area contributed by atoms with Gasteiger partial charge in [0.1, 0.15) is 54.9 Å². The summed E-state index contributed by atoms with van der Waals surface area (Å²) < 4.78 is 39.3. The molecule has 16 atom stereocenters. The van der Waals surface area contributed by atoms with Crippen LogP contribution in [0.3, 0.4) is 0 Å². The second-order valence-corrected chi connectivity index (χ2v) is 13.4. The summed E-state index contributed by atoms with van der Waals surface area (Å²) in [6, 6.07) is 0. The molecule has 17 nitrogen and oxygen atoms in total. The minimum atomic E-state index is -1.69. The zero-order chi connectivity index (χ0) is 37.1. The first kappa shape index (κ1) is 40.3. The molecule has 3 aliphatic heterocycles. The van der Waals surface area contributed by atoms with E-state index >= 15 is 0 Å². The van der Waals surface area contributed by atoms with Crippen LogP contribution in [0.4, 0.5) is 0 Å². The van der Waals surface area contributed by atoms with Gasteiger partial charge in [0.2, 0.25) is 6.29 Å². The van der Waals surface area contributed by atoms with Crippen LogP contribution < -0.4 is 0 Å². The van der Waals surface area contributed by atoms with E-state index in [1.807, 2.05) is 0 Å². The van der Waals surface area contributed by atoms with Gasteiger partial charge in [-0.2, -0.15) is 0 Å². The number of rotatable bonds is 13. The van der Waals surface area contributed by atoms with Crippen molar-refractivity contribution in [1.82, 2.24) is 0 Å². The highest BCUT2D eigenvalue weighted by Crippen LogP contribution is 2.49. The summed E-state index contributed by atoms with van der Waals surface area (Å²) >= 11 is 0. The number of hydrogen-bond donors (Lipinski definition) is 8. The number of esters is 2. The summed E-state index contributed by atoms with van der Waals surface area (Å²) in [5, 5.41) is 80.4. The van der Waals surface area contributed by atoms with E-state index in [0.717, 1.165) is 0 Å². The van der Waals surface area contributed by atoms with Gasteiger partial charge in [-0.15, -0.1) is 6.58 Å². The van der Waals surface area contributed by atoms with E-state index in [-0.39, 0.29) is 30.4 Å². The lowest BCUT2D eigenvalue weighted by Gasteiger charge is -2.43. The first-order valence-corrected chi connectivity index (χ1v) is 16.5. The highest BCUT2D eigenvalue weighted by Gasteiger charge is 2.55. The van der Waals surface area contributed by atoms with Gasteiger partial charge >= 0.3 is 11.9 Å². The van der Waals surface area contributed by atoms with Gasteiger partial charge in [-0.3, -0.25) is 0 Å². The third kappa shape index (κ3) is 8.40. The van der Waals surface area contributed by atoms with Crippen molar-refractivity contribution in [3.63, 3.8) is 0 Å². The summed E-state index contributed by atoms with van der Waals surface area (Å²) in [5.41, 5.74) is -0.663. The van der Waals surface area contributed by atoms with Gasteiger partial charge in [-0.25, -0.2) is 9.59 Å². The maximum absolute atomic E-state index is 13.3. The SMILES string of the molecule is C=C[C@](C)(CC/C=C(\C)C(=O)O[C@H]1C[C@@H]2C(C(=O)OC)=CO[C@@H](O[C@@H]3O[C@H](CO)[C@@H](O)[C@H](O)[C@H]3O)[C@@H]2[C@H]1C)O[C@@H]1O[C@H](CO)[C@@H](O)[C@H](O)[C@H]1O. The molecule has 4 rings (SSSR count). The second kappa shape index (κ2) is 16.9. The van der Waals surface area contributed by atoms with Crippen LogP contribution in [0, 0.1) is 17.8 Å². The van der Waals surface area contributed by atoms with E-state index in [4.69, 9.17) is 33.2 Å². The monoisotopic (exact) mass is 718 g/mol. The number of aliphatic hydroxyl groups excluding tert-OH is 8. The van der Waals surface area contributed by atoms with Crippen molar-refractivity contribution >= 4 is 11.9 Å². The van der Waals surface area contributed by atoms with Crippen LogP contribution in [-0.2, 0) is 42.7 Å². The quantitative estimate of drug-likeness (QED) is 0.0575. The van der Waals surface area contributed by atoms with Gasteiger partial charge in [0, 0.05) is 23.3 Å². The lowest BCUT2D eigenvalue weighted by molar-refractivity contribution is -0.342. The average Bonchev–Trinajstić information content (AvgIpc) is 3.43. The number of aliphatic hydroxyl groups is 8. The molecular weight excluding hydrogens is 668 g/mol. The van der Waals surface area contributed by atoms with Gasteiger partial charge in [-0.05, 0) is 33.1 Å². The van der Waals surface area contributed by atoms with Crippen LogP contribution >= 0.6 is 0 Å². The molecule has 0 radical (unpaired) electrons. The largest absolute Gasteiger partial charge is 0.472 e. The van der Waals surface area contributed by atoms with Crippen molar-refractivity contribution in [3.05, 3.63) is 36.1 Å². The fraction of sp³-hybridized carbons (Fsp3) is 0.758. The smallest absolute Gasteiger partial charge is 0.337 e. The van der Waals surface area contributed by atoms with Crippen molar-refractivity contribution < 1.29 is 83.6 Å². The number of hydrogen-bond acceptors (Lipinski definition) is 17. The summed E-state index contributed by atoms with van der Waals surface area (Å²) in [7, 11) is 1.21. The topological polar surface area (TPSA) is 261 Å². The summed E-state index contributed by atoms with van der Waals surface area (Å²) in [5.74, 6) is -2.92. The zero-order valence-corrected chi connectivity index (χ0v) is 28.4. The molecule has 0 bridgehead atoms. The first-order chi connectivity index (χ1) is 23.6. The van der Waals surface area contributed by atoms with Crippen molar-refractivity contribution in [1.29, 1.82) is 0 Å². The molecule has 0 aromatic carbocycles. The van der Waals surface area contributed by atoms with Gasteiger partial charge in [0.15, 0.2) is 12.6 Å². The Bertz CT molecular complexity index is 1250. The molecule has 3 fully saturated rings. The molecule has 4 aliphatic rings. The number of allylic oxidation sites excluding steroid dienone is 1. The van der Waals surface area contributed by atoms with Crippen molar-refractivity contribution in [2.45, 2.75) is 119 Å². The lowest BCUT2D eigenvalue weighted by Crippen LogP contribution is -2.60. The van der Waals surface area contributed by atoms with Gasteiger partial charge in [-0.1, -0.05) is 19.1 Å². The van der Waals surface area contributed by atoms with Crippen LogP contribution in [-0.4, -0.2) is 153 Å². The molecule has 8 N–H and O–H groups in total. The van der Waals surface area contributed by atoms with E-state index in [1.54, 1.807) is 26.8 Å². The number of ether oxygens (including phenoxy) is 7. The summed E-state index contributed by atoms with van der Waals surface area (Å²) in [6.07, 6.45) is -11.8. The Morgan fingerprint density at radius 1 is 0.940 bits per heavy atom. The molecule has 0 unspecified atom stereocenters. The Hall–Kier alpha value is -2.52. The Morgan fingerprint density at radius 2 is 1.52 bits per heavy atom. The van der Waals surface area contributed by atoms with E-state index < -0.39 is 122 Å². The maximum Gasteiger partial charge on any atom is 0.337 e. The lowest BCUT2D eigenvalue weighted by atomic mass is 9.83. The molecule has 50 heavy (non-hydrogen) atoms. The van der Waals surface area contributed by atoms with E-state index in [0.29, 0.717) is 0 Å². The maximum atomic E-state index is 13.3. The molecule has 284 valence electrons.